The molecule has 2 nitrogen and oxygen atoms in total. The molecule has 0 aromatic heterocycles. The van der Waals surface area contributed by atoms with Gasteiger partial charge < -0.3 is 10.1 Å². The minimum atomic E-state index is 0.341. The predicted octanol–water partition coefficient (Wildman–Crippen LogP) is 3.33. The van der Waals surface area contributed by atoms with Gasteiger partial charge in [0.05, 0.1) is 6.61 Å². The smallest absolute Gasteiger partial charge is 0.0507 e. The van der Waals surface area contributed by atoms with Crippen LogP contribution in [-0.4, -0.2) is 19.8 Å². The van der Waals surface area contributed by atoms with Crippen LogP contribution in [0.25, 0.3) is 0 Å². The number of aryl methyl sites for hydroxylation is 1. The van der Waals surface area contributed by atoms with Crippen LogP contribution in [-0.2, 0) is 11.2 Å². The van der Waals surface area contributed by atoms with E-state index >= 15 is 0 Å². The van der Waals surface area contributed by atoms with Crippen molar-refractivity contribution in [3.8, 4) is 0 Å². The first-order valence-electron chi connectivity index (χ1n) is 7.56. The number of ether oxygens (including phenoxy) is 1. The Bertz CT molecular complexity index is 435. The van der Waals surface area contributed by atoms with Crippen molar-refractivity contribution in [3.05, 3.63) is 35.4 Å². The van der Waals surface area contributed by atoms with E-state index in [4.69, 9.17) is 4.74 Å². The average Bonchev–Trinajstić information content (AvgIpc) is 2.90. The van der Waals surface area contributed by atoms with Gasteiger partial charge in [-0.25, -0.2) is 0 Å². The molecule has 2 heteroatoms. The van der Waals surface area contributed by atoms with E-state index in [0.717, 1.165) is 19.8 Å². The molecule has 1 aromatic carbocycles. The van der Waals surface area contributed by atoms with Crippen molar-refractivity contribution in [3.63, 3.8) is 0 Å². The molecule has 1 saturated heterocycles. The summed E-state index contributed by atoms with van der Waals surface area (Å²) in [7, 11) is 0. The first-order chi connectivity index (χ1) is 9.17. The maximum Gasteiger partial charge on any atom is 0.0507 e. The maximum absolute atomic E-state index is 5.48. The maximum atomic E-state index is 5.48. The van der Waals surface area contributed by atoms with Gasteiger partial charge in [0, 0.05) is 19.2 Å². The largest absolute Gasteiger partial charge is 0.381 e. The molecule has 1 fully saturated rings. The minimum absolute atomic E-state index is 0.341. The van der Waals surface area contributed by atoms with Gasteiger partial charge in [0.2, 0.25) is 0 Å². The molecule has 2 atom stereocenters. The van der Waals surface area contributed by atoms with Crippen LogP contribution in [0.1, 0.15) is 43.9 Å². The van der Waals surface area contributed by atoms with Crippen LogP contribution in [0.4, 0.5) is 0 Å². The summed E-state index contributed by atoms with van der Waals surface area (Å²) in [6.45, 7) is 7.75. The Balaban J connectivity index is 1.76. The third-order valence-electron chi connectivity index (χ3n) is 4.82. The fraction of sp³-hybridized carbons (Fsp3) is 0.647. The van der Waals surface area contributed by atoms with Crippen LogP contribution >= 0.6 is 0 Å². The van der Waals surface area contributed by atoms with Gasteiger partial charge in [-0.05, 0) is 41.7 Å². The lowest BCUT2D eigenvalue weighted by Crippen LogP contribution is -2.40. The Morgan fingerprint density at radius 2 is 2.16 bits per heavy atom. The van der Waals surface area contributed by atoms with Gasteiger partial charge in [0.1, 0.15) is 0 Å². The van der Waals surface area contributed by atoms with E-state index in [1.54, 1.807) is 0 Å². The van der Waals surface area contributed by atoms with Crippen molar-refractivity contribution in [2.45, 2.75) is 39.2 Å². The van der Waals surface area contributed by atoms with Crippen LogP contribution in [0, 0.1) is 11.3 Å². The van der Waals surface area contributed by atoms with Crippen LogP contribution in [0.3, 0.4) is 0 Å². The van der Waals surface area contributed by atoms with E-state index in [9.17, 15) is 0 Å². The van der Waals surface area contributed by atoms with Crippen molar-refractivity contribution in [2.75, 3.05) is 19.8 Å². The molecule has 2 unspecified atom stereocenters. The Hall–Kier alpha value is -0.860. The first kappa shape index (κ1) is 13.1. The summed E-state index contributed by atoms with van der Waals surface area (Å²) >= 11 is 0. The molecule has 1 heterocycles. The SMILES string of the molecule is CC1(C)CCc2ccccc2C1NCC1CCOC1. The predicted molar refractivity (Wildman–Crippen MR) is 78.2 cm³/mol. The number of rotatable bonds is 3. The molecule has 0 radical (unpaired) electrons. The second-order valence-corrected chi connectivity index (χ2v) is 6.76. The topological polar surface area (TPSA) is 21.3 Å². The quantitative estimate of drug-likeness (QED) is 0.899. The molecule has 0 spiro atoms. The van der Waals surface area contributed by atoms with E-state index in [2.05, 4.69) is 43.4 Å². The zero-order valence-electron chi connectivity index (χ0n) is 12.1. The first-order valence-corrected chi connectivity index (χ1v) is 7.56. The van der Waals surface area contributed by atoms with Gasteiger partial charge in [0.15, 0.2) is 0 Å². The summed E-state index contributed by atoms with van der Waals surface area (Å²) in [6.07, 6.45) is 3.69. The number of hydrogen-bond donors (Lipinski definition) is 1. The van der Waals surface area contributed by atoms with Crippen molar-refractivity contribution < 1.29 is 4.74 Å². The van der Waals surface area contributed by atoms with Gasteiger partial charge in [-0.1, -0.05) is 38.1 Å². The summed E-state index contributed by atoms with van der Waals surface area (Å²) in [4.78, 5) is 0. The van der Waals surface area contributed by atoms with Crippen molar-refractivity contribution >= 4 is 0 Å². The molecule has 3 rings (SSSR count). The second-order valence-electron chi connectivity index (χ2n) is 6.76. The summed E-state index contributed by atoms with van der Waals surface area (Å²) in [5.74, 6) is 0.699. The Morgan fingerprint density at radius 1 is 1.32 bits per heavy atom. The van der Waals surface area contributed by atoms with Crippen molar-refractivity contribution in [1.82, 2.24) is 5.32 Å². The fourth-order valence-corrected chi connectivity index (χ4v) is 3.48. The summed E-state index contributed by atoms with van der Waals surface area (Å²) in [5, 5.41) is 3.83. The van der Waals surface area contributed by atoms with Gasteiger partial charge >= 0.3 is 0 Å². The molecule has 1 aromatic rings. The van der Waals surface area contributed by atoms with Gasteiger partial charge in [-0.15, -0.1) is 0 Å². The van der Waals surface area contributed by atoms with Crippen molar-refractivity contribution in [1.29, 1.82) is 0 Å². The highest BCUT2D eigenvalue weighted by molar-refractivity contribution is 5.34. The molecule has 0 bridgehead atoms. The van der Waals surface area contributed by atoms with Crippen LogP contribution in [0.5, 0.6) is 0 Å². The molecule has 1 aliphatic heterocycles. The number of nitrogens with one attached hydrogen (secondary N) is 1. The third kappa shape index (κ3) is 2.70. The molecule has 1 N–H and O–H groups in total. The molecule has 0 amide bonds. The van der Waals surface area contributed by atoms with Crippen molar-refractivity contribution in [2.24, 2.45) is 11.3 Å². The highest BCUT2D eigenvalue weighted by Crippen LogP contribution is 2.43. The zero-order chi connectivity index (χ0) is 13.3. The molecule has 1 aliphatic carbocycles. The monoisotopic (exact) mass is 259 g/mol. The lowest BCUT2D eigenvalue weighted by atomic mass is 9.70. The molecule has 2 aliphatic rings. The lowest BCUT2D eigenvalue weighted by Gasteiger charge is -2.41. The average molecular weight is 259 g/mol. The summed E-state index contributed by atoms with van der Waals surface area (Å²) in [5.41, 5.74) is 3.38. The van der Waals surface area contributed by atoms with Crippen LogP contribution in [0.2, 0.25) is 0 Å². The standard InChI is InChI=1S/C17H25NO/c1-17(2)9-7-14-5-3-4-6-15(14)16(17)18-11-13-8-10-19-12-13/h3-6,13,16,18H,7-12H2,1-2H3. The van der Waals surface area contributed by atoms with Gasteiger partial charge in [-0.2, -0.15) is 0 Å². The van der Waals surface area contributed by atoms with E-state index in [1.165, 1.54) is 30.4 Å². The van der Waals surface area contributed by atoms with Gasteiger partial charge in [0.25, 0.3) is 0 Å². The van der Waals surface area contributed by atoms with E-state index < -0.39 is 0 Å². The number of fused-ring (bicyclic) bond motifs is 1. The van der Waals surface area contributed by atoms with E-state index in [1.807, 2.05) is 0 Å². The molecular formula is C17H25NO. The summed E-state index contributed by atoms with van der Waals surface area (Å²) in [6, 6.07) is 9.42. The Morgan fingerprint density at radius 3 is 2.95 bits per heavy atom. The van der Waals surface area contributed by atoms with Gasteiger partial charge in [-0.3, -0.25) is 0 Å². The molecular weight excluding hydrogens is 234 g/mol. The minimum Gasteiger partial charge on any atom is -0.381 e. The Labute approximate surface area is 116 Å². The normalized spacial score (nSPS) is 29.2. The van der Waals surface area contributed by atoms with E-state index in [-0.39, 0.29) is 0 Å². The lowest BCUT2D eigenvalue weighted by molar-refractivity contribution is 0.174. The fourth-order valence-electron chi connectivity index (χ4n) is 3.48. The van der Waals surface area contributed by atoms with E-state index in [0.29, 0.717) is 17.4 Å². The third-order valence-corrected chi connectivity index (χ3v) is 4.82. The van der Waals surface area contributed by atoms with Crippen LogP contribution < -0.4 is 5.32 Å². The highest BCUT2D eigenvalue weighted by atomic mass is 16.5. The zero-order valence-corrected chi connectivity index (χ0v) is 12.1. The Kier molecular flexibility index (Phi) is 3.64. The molecule has 19 heavy (non-hydrogen) atoms. The molecule has 104 valence electrons. The number of hydrogen-bond acceptors (Lipinski definition) is 2. The highest BCUT2D eigenvalue weighted by Gasteiger charge is 2.35. The number of benzene rings is 1. The molecule has 0 saturated carbocycles. The summed E-state index contributed by atoms with van der Waals surface area (Å²) < 4.78 is 5.48. The van der Waals surface area contributed by atoms with Crippen LogP contribution in [0.15, 0.2) is 24.3 Å². The second kappa shape index (κ2) is 5.26.